The summed E-state index contributed by atoms with van der Waals surface area (Å²) in [5, 5.41) is 3.72. The summed E-state index contributed by atoms with van der Waals surface area (Å²) in [4.78, 5) is 12.6. The molecule has 1 amide bonds. The van der Waals surface area contributed by atoms with Crippen LogP contribution < -0.4 is 5.32 Å². The fourth-order valence-corrected chi connectivity index (χ4v) is 5.57. The first-order chi connectivity index (χ1) is 16.0. The molecule has 168 valence electrons. The van der Waals surface area contributed by atoms with Crippen LogP contribution in [0.3, 0.4) is 0 Å². The second kappa shape index (κ2) is 8.84. The maximum absolute atomic E-state index is 13.5. The van der Waals surface area contributed by atoms with Crippen LogP contribution >= 0.6 is 0 Å². The molecule has 0 saturated carbocycles. The molecule has 1 saturated heterocycles. The molecule has 33 heavy (non-hydrogen) atoms. The zero-order valence-corrected chi connectivity index (χ0v) is 18.8. The van der Waals surface area contributed by atoms with Crippen molar-refractivity contribution >= 4 is 26.8 Å². The predicted octanol–water partition coefficient (Wildman–Crippen LogP) is 4.45. The second-order valence-electron chi connectivity index (χ2n) is 8.10. The van der Waals surface area contributed by atoms with Crippen LogP contribution in [-0.4, -0.2) is 37.6 Å². The summed E-state index contributed by atoms with van der Waals surface area (Å²) < 4.78 is 33.9. The van der Waals surface area contributed by atoms with Gasteiger partial charge in [-0.25, -0.2) is 12.4 Å². The number of hydrogen-bond acceptors (Lipinski definition) is 4. The van der Waals surface area contributed by atoms with Crippen LogP contribution in [0.25, 0.3) is 22.0 Å². The van der Waals surface area contributed by atoms with E-state index in [0.29, 0.717) is 17.6 Å². The third-order valence-electron chi connectivity index (χ3n) is 5.95. The average Bonchev–Trinajstić information content (AvgIpc) is 3.51. The zero-order chi connectivity index (χ0) is 22.8. The largest absolute Gasteiger partial charge is 0.376 e. The van der Waals surface area contributed by atoms with Crippen LogP contribution in [0.2, 0.25) is 0 Å². The van der Waals surface area contributed by atoms with E-state index in [0.717, 1.165) is 36.0 Å². The van der Waals surface area contributed by atoms with E-state index in [1.54, 1.807) is 24.4 Å². The molecule has 5 rings (SSSR count). The quantitative estimate of drug-likeness (QED) is 0.461. The Labute approximate surface area is 192 Å². The SMILES string of the molecule is O=C(NC[C@H]1CCCO1)c1ccc(S(=O)(=O)n2cc(-c3ccccc3)c3ccccc32)cc1. The van der Waals surface area contributed by atoms with Crippen LogP contribution in [0.15, 0.2) is 90.0 Å². The highest BCUT2D eigenvalue weighted by molar-refractivity contribution is 7.90. The van der Waals surface area contributed by atoms with Gasteiger partial charge in [-0.05, 0) is 48.7 Å². The van der Waals surface area contributed by atoms with E-state index in [4.69, 9.17) is 4.74 Å². The number of fused-ring (bicyclic) bond motifs is 1. The number of carbonyl (C=O) groups excluding carboxylic acids is 1. The highest BCUT2D eigenvalue weighted by atomic mass is 32.2. The van der Waals surface area contributed by atoms with Gasteiger partial charge in [-0.3, -0.25) is 4.79 Å². The first-order valence-electron chi connectivity index (χ1n) is 10.9. The highest BCUT2D eigenvalue weighted by Crippen LogP contribution is 2.32. The molecule has 1 fully saturated rings. The van der Waals surface area contributed by atoms with Gasteiger partial charge in [0.2, 0.25) is 0 Å². The van der Waals surface area contributed by atoms with Gasteiger partial charge in [-0.2, -0.15) is 0 Å². The number of carbonyl (C=O) groups is 1. The molecule has 1 aliphatic rings. The average molecular weight is 461 g/mol. The van der Waals surface area contributed by atoms with Crippen LogP contribution in [0.5, 0.6) is 0 Å². The van der Waals surface area contributed by atoms with Gasteiger partial charge in [0, 0.05) is 35.9 Å². The van der Waals surface area contributed by atoms with Gasteiger partial charge in [0.05, 0.1) is 16.5 Å². The molecule has 0 spiro atoms. The first-order valence-corrected chi connectivity index (χ1v) is 12.4. The van der Waals surface area contributed by atoms with E-state index in [1.807, 2.05) is 48.5 Å². The normalized spacial score (nSPS) is 16.2. The number of aromatic nitrogens is 1. The molecule has 7 heteroatoms. The summed E-state index contributed by atoms with van der Waals surface area (Å²) in [7, 11) is -3.86. The maximum atomic E-state index is 13.5. The summed E-state index contributed by atoms with van der Waals surface area (Å²) >= 11 is 0. The molecule has 1 aromatic heterocycles. The number of benzene rings is 3. The van der Waals surface area contributed by atoms with Gasteiger partial charge in [0.1, 0.15) is 0 Å². The topological polar surface area (TPSA) is 77.4 Å². The summed E-state index contributed by atoms with van der Waals surface area (Å²) in [5.41, 5.74) is 2.81. The predicted molar refractivity (Wildman–Crippen MR) is 128 cm³/mol. The first kappa shape index (κ1) is 21.4. The monoisotopic (exact) mass is 460 g/mol. The Morgan fingerprint density at radius 3 is 2.42 bits per heavy atom. The van der Waals surface area contributed by atoms with Gasteiger partial charge in [0.15, 0.2) is 0 Å². The van der Waals surface area contributed by atoms with E-state index in [2.05, 4.69) is 5.32 Å². The number of nitrogens with zero attached hydrogens (tertiary/aromatic N) is 1. The minimum atomic E-state index is -3.86. The van der Waals surface area contributed by atoms with Crippen molar-refractivity contribution in [1.82, 2.24) is 9.29 Å². The Morgan fingerprint density at radius 1 is 0.970 bits per heavy atom. The number of para-hydroxylation sites is 1. The highest BCUT2D eigenvalue weighted by Gasteiger charge is 2.22. The van der Waals surface area contributed by atoms with Gasteiger partial charge in [-0.1, -0.05) is 48.5 Å². The molecular formula is C26H24N2O4S. The fourth-order valence-electron chi connectivity index (χ4n) is 4.20. The molecule has 1 atom stereocenters. The Balaban J connectivity index is 1.45. The van der Waals surface area contributed by atoms with Crippen LogP contribution in [0.1, 0.15) is 23.2 Å². The van der Waals surface area contributed by atoms with Crippen molar-refractivity contribution in [3.05, 3.63) is 90.6 Å². The van der Waals surface area contributed by atoms with Crippen molar-refractivity contribution < 1.29 is 17.9 Å². The molecule has 0 radical (unpaired) electrons. The summed E-state index contributed by atoms with van der Waals surface area (Å²) in [5.74, 6) is -0.243. The molecule has 1 N–H and O–H groups in total. The van der Waals surface area contributed by atoms with Crippen molar-refractivity contribution in [2.45, 2.75) is 23.8 Å². The maximum Gasteiger partial charge on any atom is 0.268 e. The van der Waals surface area contributed by atoms with Gasteiger partial charge in [0.25, 0.3) is 15.9 Å². The van der Waals surface area contributed by atoms with Gasteiger partial charge in [-0.15, -0.1) is 0 Å². The number of rotatable bonds is 6. The van der Waals surface area contributed by atoms with Crippen molar-refractivity contribution in [1.29, 1.82) is 0 Å². The van der Waals surface area contributed by atoms with Crippen molar-refractivity contribution in [2.24, 2.45) is 0 Å². The Kier molecular flexibility index (Phi) is 5.74. The molecule has 0 unspecified atom stereocenters. The molecule has 0 bridgehead atoms. The number of ether oxygens (including phenoxy) is 1. The van der Waals surface area contributed by atoms with Crippen molar-refractivity contribution in [3.63, 3.8) is 0 Å². The minimum Gasteiger partial charge on any atom is -0.376 e. The van der Waals surface area contributed by atoms with E-state index in [1.165, 1.54) is 16.1 Å². The Morgan fingerprint density at radius 2 is 1.70 bits per heavy atom. The van der Waals surface area contributed by atoms with E-state index < -0.39 is 10.0 Å². The molecule has 0 aliphatic carbocycles. The van der Waals surface area contributed by atoms with E-state index >= 15 is 0 Å². The van der Waals surface area contributed by atoms with Crippen LogP contribution in [0, 0.1) is 0 Å². The van der Waals surface area contributed by atoms with Crippen LogP contribution in [-0.2, 0) is 14.8 Å². The number of nitrogens with one attached hydrogen (secondary N) is 1. The minimum absolute atomic E-state index is 0.0504. The lowest BCUT2D eigenvalue weighted by Gasteiger charge is -2.11. The lowest BCUT2D eigenvalue weighted by Crippen LogP contribution is -2.31. The molecule has 6 nitrogen and oxygen atoms in total. The number of hydrogen-bond donors (Lipinski definition) is 1. The van der Waals surface area contributed by atoms with E-state index in [9.17, 15) is 13.2 Å². The van der Waals surface area contributed by atoms with E-state index in [-0.39, 0.29) is 16.9 Å². The van der Waals surface area contributed by atoms with Crippen LogP contribution in [0.4, 0.5) is 0 Å². The van der Waals surface area contributed by atoms with Crippen molar-refractivity contribution in [2.75, 3.05) is 13.2 Å². The summed E-state index contributed by atoms with van der Waals surface area (Å²) in [6.07, 6.45) is 3.66. The lowest BCUT2D eigenvalue weighted by molar-refractivity contribution is 0.0857. The molecule has 4 aromatic rings. The van der Waals surface area contributed by atoms with Gasteiger partial charge < -0.3 is 10.1 Å². The Hall–Kier alpha value is -3.42. The smallest absolute Gasteiger partial charge is 0.268 e. The molecule has 3 aromatic carbocycles. The number of amides is 1. The fraction of sp³-hybridized carbons (Fsp3) is 0.192. The Bertz CT molecular complexity index is 1390. The molecule has 1 aliphatic heterocycles. The third-order valence-corrected chi connectivity index (χ3v) is 7.64. The summed E-state index contributed by atoms with van der Waals surface area (Å²) in [6.45, 7) is 1.18. The standard InChI is InChI=1S/C26H24N2O4S/c29-26(27-17-21-9-6-16-32-21)20-12-14-22(15-13-20)33(30,31)28-18-24(19-7-2-1-3-8-19)23-10-4-5-11-25(23)28/h1-5,7-8,10-15,18,21H,6,9,16-17H2,(H,27,29)/t21-/m1/s1. The zero-order valence-electron chi connectivity index (χ0n) is 18.0. The molecular weight excluding hydrogens is 436 g/mol. The van der Waals surface area contributed by atoms with Gasteiger partial charge >= 0.3 is 0 Å². The third kappa shape index (κ3) is 4.17. The second-order valence-corrected chi connectivity index (χ2v) is 9.91. The summed E-state index contributed by atoms with van der Waals surface area (Å²) in [6, 6.07) is 23.2. The molecule has 2 heterocycles. The lowest BCUT2D eigenvalue weighted by atomic mass is 10.1. The van der Waals surface area contributed by atoms with Crippen molar-refractivity contribution in [3.8, 4) is 11.1 Å².